The fourth-order valence-corrected chi connectivity index (χ4v) is 3.05. The molecule has 0 saturated carbocycles. The molecule has 72 valence electrons. The molecule has 0 unspecified atom stereocenters. The van der Waals surface area contributed by atoms with Crippen LogP contribution in [0.25, 0.3) is 0 Å². The van der Waals surface area contributed by atoms with Crippen molar-refractivity contribution < 1.29 is 0 Å². The van der Waals surface area contributed by atoms with Gasteiger partial charge < -0.3 is 5.73 Å². The number of anilines is 1. The minimum absolute atomic E-state index is 0.00587. The van der Waals surface area contributed by atoms with Crippen LogP contribution >= 0.6 is 15.8 Å². The second-order valence-corrected chi connectivity index (χ2v) is 8.11. The average Bonchev–Trinajstić information content (AvgIpc) is 2.04. The van der Waals surface area contributed by atoms with Gasteiger partial charge in [0, 0.05) is 5.69 Å². The van der Waals surface area contributed by atoms with Gasteiger partial charge in [-0.05, 0) is 49.4 Å². The summed E-state index contributed by atoms with van der Waals surface area (Å²) in [6.07, 6.45) is 0. The Morgan fingerprint density at radius 3 is 2.08 bits per heavy atom. The number of hydrogen-bond donors (Lipinski definition) is 1. The van der Waals surface area contributed by atoms with Crippen molar-refractivity contribution in [1.82, 2.24) is 0 Å². The Hall–Kier alpha value is -0.120. The summed E-state index contributed by atoms with van der Waals surface area (Å²) in [6.45, 7) is 9.05. The molecule has 1 rings (SSSR count). The van der Waals surface area contributed by atoms with Crippen molar-refractivity contribution in [3.8, 4) is 0 Å². The number of hydrogen-bond acceptors (Lipinski definition) is 1. The first-order valence-corrected chi connectivity index (χ1v) is 8.73. The Morgan fingerprint density at radius 1 is 1.00 bits per heavy atom. The number of rotatable bonds is 2. The highest BCUT2D eigenvalue weighted by Gasteiger charge is 2.06. The molecule has 0 aliphatic heterocycles. The first-order valence-electron chi connectivity index (χ1n) is 4.26. The van der Waals surface area contributed by atoms with E-state index in [0.717, 1.165) is 5.69 Å². The molecular formula is C10H17NP2. The van der Waals surface area contributed by atoms with Crippen LogP contribution in [-0.4, -0.2) is 26.7 Å². The summed E-state index contributed by atoms with van der Waals surface area (Å²) in [5.74, 6) is 0. The SMILES string of the molecule is CP(C)c1ccc(N)c(P(C)C)c1. The number of benzene rings is 1. The predicted octanol–water partition coefficient (Wildman–Crippen LogP) is 2.00. The summed E-state index contributed by atoms with van der Waals surface area (Å²) in [6, 6.07) is 6.49. The molecule has 0 saturated heterocycles. The molecule has 0 atom stereocenters. The summed E-state index contributed by atoms with van der Waals surface area (Å²) >= 11 is 0. The smallest absolute Gasteiger partial charge is 0.0392 e. The first kappa shape index (κ1) is 11.0. The molecule has 1 aromatic carbocycles. The van der Waals surface area contributed by atoms with Gasteiger partial charge in [-0.2, -0.15) is 0 Å². The van der Waals surface area contributed by atoms with Gasteiger partial charge in [0.25, 0.3) is 0 Å². The minimum Gasteiger partial charge on any atom is -0.398 e. The van der Waals surface area contributed by atoms with Crippen LogP contribution in [0.2, 0.25) is 0 Å². The van der Waals surface area contributed by atoms with Crippen LogP contribution in [0.1, 0.15) is 0 Å². The van der Waals surface area contributed by atoms with Gasteiger partial charge in [-0.1, -0.05) is 21.9 Å². The Bertz CT molecular complexity index is 295. The molecule has 1 nitrogen and oxygen atoms in total. The van der Waals surface area contributed by atoms with Crippen molar-refractivity contribution in [2.75, 3.05) is 32.4 Å². The zero-order valence-electron chi connectivity index (χ0n) is 8.70. The Kier molecular flexibility index (Phi) is 3.71. The molecule has 0 fully saturated rings. The average molecular weight is 213 g/mol. The molecule has 3 heteroatoms. The quantitative estimate of drug-likeness (QED) is 0.590. The predicted molar refractivity (Wildman–Crippen MR) is 67.7 cm³/mol. The van der Waals surface area contributed by atoms with Crippen molar-refractivity contribution in [2.45, 2.75) is 0 Å². The third-order valence-corrected chi connectivity index (χ3v) is 4.67. The van der Waals surface area contributed by atoms with E-state index in [1.807, 2.05) is 0 Å². The van der Waals surface area contributed by atoms with Crippen LogP contribution in [0.4, 0.5) is 5.69 Å². The fourth-order valence-electron chi connectivity index (χ4n) is 1.20. The van der Waals surface area contributed by atoms with E-state index in [9.17, 15) is 0 Å². The van der Waals surface area contributed by atoms with Crippen molar-refractivity contribution >= 4 is 32.1 Å². The van der Waals surface area contributed by atoms with Crippen LogP contribution in [0.15, 0.2) is 18.2 Å². The van der Waals surface area contributed by atoms with Crippen LogP contribution in [0.3, 0.4) is 0 Å². The monoisotopic (exact) mass is 213 g/mol. The van der Waals surface area contributed by atoms with Gasteiger partial charge in [0.2, 0.25) is 0 Å². The van der Waals surface area contributed by atoms with E-state index in [0.29, 0.717) is 0 Å². The fraction of sp³-hybridized carbons (Fsp3) is 0.400. The van der Waals surface area contributed by atoms with E-state index >= 15 is 0 Å². The summed E-state index contributed by atoms with van der Waals surface area (Å²) in [5, 5.41) is 2.80. The lowest BCUT2D eigenvalue weighted by atomic mass is 10.3. The molecule has 0 aliphatic rings. The van der Waals surface area contributed by atoms with Gasteiger partial charge >= 0.3 is 0 Å². The topological polar surface area (TPSA) is 26.0 Å². The van der Waals surface area contributed by atoms with Crippen LogP contribution in [0, 0.1) is 0 Å². The second kappa shape index (κ2) is 4.40. The normalized spacial score (nSPS) is 11.2. The van der Waals surface area contributed by atoms with Crippen LogP contribution < -0.4 is 16.3 Å². The third kappa shape index (κ3) is 2.66. The highest BCUT2D eigenvalue weighted by molar-refractivity contribution is 7.65. The standard InChI is InChI=1S/C10H17NP2/c1-12(2)8-5-6-9(11)10(7-8)13(3)4/h5-7H,11H2,1-4H3. The van der Waals surface area contributed by atoms with Gasteiger partial charge in [0.05, 0.1) is 0 Å². The third-order valence-electron chi connectivity index (χ3n) is 2.01. The maximum Gasteiger partial charge on any atom is 0.0392 e. The van der Waals surface area contributed by atoms with E-state index < -0.39 is 0 Å². The molecular weight excluding hydrogens is 196 g/mol. The summed E-state index contributed by atoms with van der Waals surface area (Å²) in [7, 11) is -0.0661. The molecule has 1 aromatic rings. The molecule has 0 radical (unpaired) electrons. The molecule has 0 amide bonds. The van der Waals surface area contributed by atoms with E-state index in [-0.39, 0.29) is 15.8 Å². The molecule has 0 aromatic heterocycles. The maximum atomic E-state index is 5.91. The lowest BCUT2D eigenvalue weighted by molar-refractivity contribution is 1.77. The van der Waals surface area contributed by atoms with Crippen molar-refractivity contribution in [2.24, 2.45) is 0 Å². The number of nitrogens with two attached hydrogens (primary N) is 1. The zero-order chi connectivity index (χ0) is 10.0. The molecule has 0 aliphatic carbocycles. The second-order valence-electron chi connectivity index (χ2n) is 3.53. The maximum absolute atomic E-state index is 5.91. The summed E-state index contributed by atoms with van der Waals surface area (Å²) in [4.78, 5) is 0. The van der Waals surface area contributed by atoms with E-state index in [4.69, 9.17) is 5.73 Å². The van der Waals surface area contributed by atoms with Crippen LogP contribution in [0.5, 0.6) is 0 Å². The summed E-state index contributed by atoms with van der Waals surface area (Å²) in [5.41, 5.74) is 6.87. The summed E-state index contributed by atoms with van der Waals surface area (Å²) < 4.78 is 0. The lowest BCUT2D eigenvalue weighted by Gasteiger charge is -2.13. The van der Waals surface area contributed by atoms with Gasteiger partial charge in [0.1, 0.15) is 0 Å². The van der Waals surface area contributed by atoms with Crippen LogP contribution in [-0.2, 0) is 0 Å². The van der Waals surface area contributed by atoms with Gasteiger partial charge in [0.15, 0.2) is 0 Å². The van der Waals surface area contributed by atoms with Crippen molar-refractivity contribution in [1.29, 1.82) is 0 Å². The molecule has 2 N–H and O–H groups in total. The Balaban J connectivity index is 3.11. The Labute approximate surface area is 83.2 Å². The number of nitrogen functional groups attached to an aromatic ring is 1. The van der Waals surface area contributed by atoms with E-state index in [1.165, 1.54) is 10.6 Å². The lowest BCUT2D eigenvalue weighted by Crippen LogP contribution is -2.13. The first-order chi connectivity index (χ1) is 6.02. The minimum atomic E-state index is -0.0720. The molecule has 0 bridgehead atoms. The highest BCUT2D eigenvalue weighted by atomic mass is 31.1. The molecule has 0 heterocycles. The van der Waals surface area contributed by atoms with E-state index in [1.54, 1.807) is 0 Å². The Morgan fingerprint density at radius 2 is 1.62 bits per heavy atom. The molecule has 0 spiro atoms. The van der Waals surface area contributed by atoms with Gasteiger partial charge in [-0.25, -0.2) is 0 Å². The van der Waals surface area contributed by atoms with Crippen molar-refractivity contribution in [3.05, 3.63) is 18.2 Å². The van der Waals surface area contributed by atoms with Gasteiger partial charge in [-0.3, -0.25) is 0 Å². The van der Waals surface area contributed by atoms with E-state index in [2.05, 4.69) is 44.9 Å². The van der Waals surface area contributed by atoms with Crippen molar-refractivity contribution in [3.63, 3.8) is 0 Å². The largest absolute Gasteiger partial charge is 0.398 e. The van der Waals surface area contributed by atoms with Gasteiger partial charge in [-0.15, -0.1) is 0 Å². The highest BCUT2D eigenvalue weighted by Crippen LogP contribution is 2.29. The zero-order valence-corrected chi connectivity index (χ0v) is 10.5. The molecule has 13 heavy (non-hydrogen) atoms.